The van der Waals surface area contributed by atoms with Crippen molar-refractivity contribution in [3.63, 3.8) is 0 Å². The third-order valence-corrected chi connectivity index (χ3v) is 4.27. The molecule has 7 heteroatoms. The number of halogens is 1. The van der Waals surface area contributed by atoms with Crippen molar-refractivity contribution in [2.45, 2.75) is 11.0 Å². The molecule has 1 atom stereocenters. The van der Waals surface area contributed by atoms with E-state index in [-0.39, 0.29) is 17.5 Å². The first kappa shape index (κ1) is 13.8. The van der Waals surface area contributed by atoms with Crippen LogP contribution in [0.25, 0.3) is 0 Å². The van der Waals surface area contributed by atoms with Crippen molar-refractivity contribution in [3.8, 4) is 0 Å². The SMILES string of the molecule is O=S(=O)(NCC1CNCCO1)c1cccc(Cl)c1. The lowest BCUT2D eigenvalue weighted by atomic mass is 10.3. The van der Waals surface area contributed by atoms with Crippen molar-refractivity contribution in [1.82, 2.24) is 10.0 Å². The summed E-state index contributed by atoms with van der Waals surface area (Å²) < 4.78 is 31.9. The highest BCUT2D eigenvalue weighted by molar-refractivity contribution is 7.89. The molecular weight excluding hydrogens is 276 g/mol. The lowest BCUT2D eigenvalue weighted by Gasteiger charge is -2.23. The monoisotopic (exact) mass is 290 g/mol. The second-order valence-corrected chi connectivity index (χ2v) is 6.21. The molecule has 0 aliphatic carbocycles. The molecule has 1 aromatic carbocycles. The Balaban J connectivity index is 1.98. The number of ether oxygens (including phenoxy) is 1. The van der Waals surface area contributed by atoms with Gasteiger partial charge >= 0.3 is 0 Å². The quantitative estimate of drug-likeness (QED) is 0.852. The molecule has 2 rings (SSSR count). The van der Waals surface area contributed by atoms with Crippen LogP contribution in [0.5, 0.6) is 0 Å². The third-order valence-electron chi connectivity index (χ3n) is 2.61. The number of rotatable bonds is 4. The molecule has 1 aromatic rings. The average molecular weight is 291 g/mol. The Labute approximate surface area is 112 Å². The fourth-order valence-electron chi connectivity index (χ4n) is 1.67. The van der Waals surface area contributed by atoms with Gasteiger partial charge in [0.2, 0.25) is 10.0 Å². The minimum atomic E-state index is -3.52. The number of sulfonamides is 1. The van der Waals surface area contributed by atoms with E-state index in [2.05, 4.69) is 10.0 Å². The Morgan fingerprint density at radius 3 is 3.00 bits per heavy atom. The molecule has 5 nitrogen and oxygen atoms in total. The van der Waals surface area contributed by atoms with Gasteiger partial charge in [0.15, 0.2) is 0 Å². The van der Waals surface area contributed by atoms with E-state index in [4.69, 9.17) is 16.3 Å². The van der Waals surface area contributed by atoms with Crippen LogP contribution in [0.2, 0.25) is 5.02 Å². The van der Waals surface area contributed by atoms with Crippen molar-refractivity contribution in [3.05, 3.63) is 29.3 Å². The fraction of sp³-hybridized carbons (Fsp3) is 0.455. The van der Waals surface area contributed by atoms with E-state index in [0.29, 0.717) is 18.2 Å². The lowest BCUT2D eigenvalue weighted by molar-refractivity contribution is 0.0324. The second-order valence-electron chi connectivity index (χ2n) is 4.01. The minimum Gasteiger partial charge on any atom is -0.374 e. The first-order chi connectivity index (χ1) is 8.58. The molecule has 1 heterocycles. The smallest absolute Gasteiger partial charge is 0.240 e. The number of hydrogen-bond acceptors (Lipinski definition) is 4. The topological polar surface area (TPSA) is 67.4 Å². The standard InChI is InChI=1S/C11H15ClN2O3S/c12-9-2-1-3-11(6-9)18(15,16)14-8-10-7-13-4-5-17-10/h1-3,6,10,13-14H,4-5,7-8H2. The molecule has 0 spiro atoms. The number of hydrogen-bond donors (Lipinski definition) is 2. The van der Waals surface area contributed by atoms with Crippen molar-refractivity contribution in [1.29, 1.82) is 0 Å². The van der Waals surface area contributed by atoms with Crippen LogP contribution in [-0.2, 0) is 14.8 Å². The summed E-state index contributed by atoms with van der Waals surface area (Å²) in [4.78, 5) is 0.166. The predicted octanol–water partition coefficient (Wildman–Crippen LogP) is 0.607. The molecule has 1 aliphatic rings. The second kappa shape index (κ2) is 5.99. The number of benzene rings is 1. The van der Waals surface area contributed by atoms with E-state index in [9.17, 15) is 8.42 Å². The summed E-state index contributed by atoms with van der Waals surface area (Å²) in [6.45, 7) is 2.31. The maximum Gasteiger partial charge on any atom is 0.240 e. The summed E-state index contributed by atoms with van der Waals surface area (Å²) in [7, 11) is -3.52. The van der Waals surface area contributed by atoms with Gasteiger partial charge in [-0.2, -0.15) is 0 Å². The van der Waals surface area contributed by atoms with Crippen LogP contribution < -0.4 is 10.0 Å². The van der Waals surface area contributed by atoms with Crippen LogP contribution in [0.1, 0.15) is 0 Å². The van der Waals surface area contributed by atoms with E-state index in [0.717, 1.165) is 6.54 Å². The molecule has 0 bridgehead atoms. The van der Waals surface area contributed by atoms with Gasteiger partial charge in [-0.15, -0.1) is 0 Å². The minimum absolute atomic E-state index is 0.132. The molecule has 0 amide bonds. The third kappa shape index (κ3) is 3.66. The summed E-state index contributed by atoms with van der Waals surface area (Å²) in [5.74, 6) is 0. The van der Waals surface area contributed by atoms with Gasteiger partial charge in [-0.25, -0.2) is 13.1 Å². The number of nitrogens with one attached hydrogen (secondary N) is 2. The first-order valence-corrected chi connectivity index (χ1v) is 7.51. The van der Waals surface area contributed by atoms with Gasteiger partial charge in [-0.05, 0) is 18.2 Å². The maximum atomic E-state index is 12.0. The molecule has 1 aliphatic heterocycles. The van der Waals surface area contributed by atoms with Gasteiger partial charge in [0, 0.05) is 24.7 Å². The molecule has 1 unspecified atom stereocenters. The van der Waals surface area contributed by atoms with Gasteiger partial charge in [0.1, 0.15) is 0 Å². The van der Waals surface area contributed by atoms with E-state index >= 15 is 0 Å². The van der Waals surface area contributed by atoms with Crippen molar-refractivity contribution < 1.29 is 13.2 Å². The normalized spacial score (nSPS) is 20.8. The summed E-state index contributed by atoms with van der Waals surface area (Å²) in [5, 5.41) is 3.54. The van der Waals surface area contributed by atoms with Gasteiger partial charge in [0.05, 0.1) is 17.6 Å². The number of morpholine rings is 1. The Bertz CT molecular complexity index is 501. The van der Waals surface area contributed by atoms with Crippen LogP contribution in [0.3, 0.4) is 0 Å². The van der Waals surface area contributed by atoms with E-state index in [1.54, 1.807) is 12.1 Å². The van der Waals surface area contributed by atoms with Crippen LogP contribution in [-0.4, -0.2) is 40.8 Å². The lowest BCUT2D eigenvalue weighted by Crippen LogP contribution is -2.45. The molecule has 18 heavy (non-hydrogen) atoms. The summed E-state index contributed by atoms with van der Waals surface area (Å²) >= 11 is 5.77. The van der Waals surface area contributed by atoms with Crippen LogP contribution in [0, 0.1) is 0 Å². The zero-order valence-electron chi connectivity index (χ0n) is 9.73. The molecule has 0 aromatic heterocycles. The summed E-state index contributed by atoms with van der Waals surface area (Å²) in [6, 6.07) is 6.17. The molecule has 1 saturated heterocycles. The largest absolute Gasteiger partial charge is 0.374 e. The first-order valence-electron chi connectivity index (χ1n) is 5.65. The van der Waals surface area contributed by atoms with Gasteiger partial charge in [-0.3, -0.25) is 0 Å². The van der Waals surface area contributed by atoms with Crippen LogP contribution >= 0.6 is 11.6 Å². The molecule has 0 saturated carbocycles. The Morgan fingerprint density at radius 1 is 1.50 bits per heavy atom. The van der Waals surface area contributed by atoms with Crippen molar-refractivity contribution >= 4 is 21.6 Å². The Hall–Kier alpha value is -0.660. The average Bonchev–Trinajstić information content (AvgIpc) is 2.38. The van der Waals surface area contributed by atoms with Crippen molar-refractivity contribution in [2.24, 2.45) is 0 Å². The highest BCUT2D eigenvalue weighted by Gasteiger charge is 2.19. The highest BCUT2D eigenvalue weighted by Crippen LogP contribution is 2.15. The van der Waals surface area contributed by atoms with Crippen LogP contribution in [0.4, 0.5) is 0 Å². The van der Waals surface area contributed by atoms with E-state index in [1.807, 2.05) is 0 Å². The summed E-state index contributed by atoms with van der Waals surface area (Å²) in [6.07, 6.45) is -0.132. The Morgan fingerprint density at radius 2 is 2.33 bits per heavy atom. The van der Waals surface area contributed by atoms with Crippen LogP contribution in [0.15, 0.2) is 29.2 Å². The fourth-order valence-corrected chi connectivity index (χ4v) is 3.04. The van der Waals surface area contributed by atoms with Gasteiger partial charge < -0.3 is 10.1 Å². The zero-order chi connectivity index (χ0) is 13.0. The van der Waals surface area contributed by atoms with E-state index in [1.165, 1.54) is 12.1 Å². The molecule has 100 valence electrons. The highest BCUT2D eigenvalue weighted by atomic mass is 35.5. The zero-order valence-corrected chi connectivity index (χ0v) is 11.3. The van der Waals surface area contributed by atoms with E-state index < -0.39 is 10.0 Å². The van der Waals surface area contributed by atoms with Gasteiger partial charge in [0.25, 0.3) is 0 Å². The molecule has 0 radical (unpaired) electrons. The summed E-state index contributed by atoms with van der Waals surface area (Å²) in [5.41, 5.74) is 0. The predicted molar refractivity (Wildman–Crippen MR) is 69.3 cm³/mol. The molecular formula is C11H15ClN2O3S. The Kier molecular flexibility index (Phi) is 4.58. The maximum absolute atomic E-state index is 12.0. The van der Waals surface area contributed by atoms with Crippen molar-refractivity contribution in [2.75, 3.05) is 26.2 Å². The molecule has 1 fully saturated rings. The van der Waals surface area contributed by atoms with Gasteiger partial charge in [-0.1, -0.05) is 17.7 Å². The molecule has 2 N–H and O–H groups in total.